The molecule has 2 saturated heterocycles. The van der Waals surface area contributed by atoms with E-state index < -0.39 is 0 Å². The topological polar surface area (TPSA) is 50.8 Å². The first-order chi connectivity index (χ1) is 9.71. The second kappa shape index (κ2) is 5.87. The average molecular weight is 405 g/mol. The summed E-state index contributed by atoms with van der Waals surface area (Å²) in [6, 6.07) is 0.447. The molecule has 3 unspecified atom stereocenters. The summed E-state index contributed by atoms with van der Waals surface area (Å²) in [6.45, 7) is 5.44. The maximum Gasteiger partial charge on any atom is 0.191 e. The van der Waals surface area contributed by atoms with Gasteiger partial charge in [0.15, 0.2) is 5.96 Å². The van der Waals surface area contributed by atoms with Crippen LogP contribution in [0.3, 0.4) is 0 Å². The fourth-order valence-electron chi connectivity index (χ4n) is 4.85. The molecule has 0 radical (unpaired) electrons. The number of likely N-dealkylation sites (tertiary alicyclic amines) is 1. The fraction of sp³-hybridized carbons (Fsp3) is 0.938. The van der Waals surface area contributed by atoms with Crippen LogP contribution >= 0.6 is 24.0 Å². The molecule has 2 saturated carbocycles. The largest absolute Gasteiger partial charge is 0.377 e. The molecule has 4 rings (SSSR count). The lowest BCUT2D eigenvalue weighted by Gasteiger charge is -2.61. The predicted molar refractivity (Wildman–Crippen MR) is 94.9 cm³/mol. The van der Waals surface area contributed by atoms with Gasteiger partial charge in [0, 0.05) is 31.0 Å². The van der Waals surface area contributed by atoms with Gasteiger partial charge in [-0.3, -0.25) is 0 Å². The van der Waals surface area contributed by atoms with E-state index in [0.717, 1.165) is 31.6 Å². The van der Waals surface area contributed by atoms with Crippen molar-refractivity contribution in [3.05, 3.63) is 0 Å². The van der Waals surface area contributed by atoms with Crippen molar-refractivity contribution in [2.75, 3.05) is 19.7 Å². The van der Waals surface area contributed by atoms with Crippen molar-refractivity contribution in [1.29, 1.82) is 0 Å². The van der Waals surface area contributed by atoms with Crippen molar-refractivity contribution in [3.63, 3.8) is 0 Å². The first-order valence-corrected chi connectivity index (χ1v) is 8.40. The van der Waals surface area contributed by atoms with Gasteiger partial charge in [-0.15, -0.1) is 24.0 Å². The van der Waals surface area contributed by atoms with Gasteiger partial charge >= 0.3 is 0 Å². The summed E-state index contributed by atoms with van der Waals surface area (Å²) in [5, 5.41) is 0. The summed E-state index contributed by atoms with van der Waals surface area (Å²) in [5.41, 5.74) is 6.69. The second-order valence-electron chi connectivity index (χ2n) is 7.43. The number of halogens is 1. The predicted octanol–water partition coefficient (Wildman–Crippen LogP) is 2.61. The molecule has 1 spiro atoms. The summed E-state index contributed by atoms with van der Waals surface area (Å²) >= 11 is 0. The maximum atomic E-state index is 6.32. The number of nitrogens with zero attached hydrogens (tertiary/aromatic N) is 2. The van der Waals surface area contributed by atoms with Crippen molar-refractivity contribution in [2.45, 2.75) is 57.6 Å². The smallest absolute Gasteiger partial charge is 0.191 e. The Labute approximate surface area is 144 Å². The van der Waals surface area contributed by atoms with Crippen LogP contribution in [0.2, 0.25) is 0 Å². The summed E-state index contributed by atoms with van der Waals surface area (Å²) in [5.74, 6) is 2.30. The van der Waals surface area contributed by atoms with Gasteiger partial charge < -0.3 is 15.4 Å². The zero-order valence-corrected chi connectivity index (χ0v) is 15.3. The van der Waals surface area contributed by atoms with Crippen LogP contribution in [0.15, 0.2) is 4.99 Å². The summed E-state index contributed by atoms with van der Waals surface area (Å²) in [7, 11) is 0. The number of aliphatic imine (C=N–C) groups is 1. The van der Waals surface area contributed by atoms with Crippen molar-refractivity contribution in [3.8, 4) is 0 Å². The molecule has 2 heterocycles. The van der Waals surface area contributed by atoms with Crippen LogP contribution in [0.5, 0.6) is 0 Å². The number of guanidine groups is 1. The molecule has 0 aromatic carbocycles. The van der Waals surface area contributed by atoms with Crippen molar-refractivity contribution in [2.24, 2.45) is 28.0 Å². The molecule has 0 aromatic heterocycles. The molecule has 0 bridgehead atoms. The summed E-state index contributed by atoms with van der Waals surface area (Å²) in [4.78, 5) is 7.29. The molecule has 5 heteroatoms. The highest BCUT2D eigenvalue weighted by Gasteiger charge is 2.66. The van der Waals surface area contributed by atoms with Gasteiger partial charge in [0.05, 0.1) is 12.1 Å². The van der Waals surface area contributed by atoms with Gasteiger partial charge in [0.1, 0.15) is 0 Å². The van der Waals surface area contributed by atoms with Crippen LogP contribution in [0, 0.1) is 17.3 Å². The highest BCUT2D eigenvalue weighted by atomic mass is 127. The number of rotatable bonds is 1. The monoisotopic (exact) mass is 405 g/mol. The maximum absolute atomic E-state index is 6.32. The number of piperidine rings is 1. The Morgan fingerprint density at radius 1 is 1.24 bits per heavy atom. The minimum atomic E-state index is 0. The Morgan fingerprint density at radius 2 is 1.95 bits per heavy atom. The van der Waals surface area contributed by atoms with Crippen LogP contribution in [0.4, 0.5) is 0 Å². The molecule has 120 valence electrons. The van der Waals surface area contributed by atoms with E-state index in [1.54, 1.807) is 0 Å². The zero-order valence-electron chi connectivity index (χ0n) is 13.0. The summed E-state index contributed by atoms with van der Waals surface area (Å²) in [6.07, 6.45) is 8.13. The van der Waals surface area contributed by atoms with Crippen LogP contribution in [-0.4, -0.2) is 42.7 Å². The minimum Gasteiger partial charge on any atom is -0.377 e. The molecule has 2 aliphatic heterocycles. The number of hydrogen-bond acceptors (Lipinski definition) is 2. The quantitative estimate of drug-likeness (QED) is 0.415. The lowest BCUT2D eigenvalue weighted by molar-refractivity contribution is -0.164. The van der Waals surface area contributed by atoms with Gasteiger partial charge in [-0.05, 0) is 38.0 Å². The number of fused-ring (bicyclic) bond motifs is 2. The molecule has 2 N–H and O–H groups in total. The van der Waals surface area contributed by atoms with Crippen LogP contribution < -0.4 is 5.73 Å². The summed E-state index contributed by atoms with van der Waals surface area (Å²) < 4.78 is 5.96. The van der Waals surface area contributed by atoms with Gasteiger partial charge in [0.2, 0.25) is 0 Å². The normalized spacial score (nSPS) is 38.4. The molecule has 3 atom stereocenters. The Morgan fingerprint density at radius 3 is 2.57 bits per heavy atom. The van der Waals surface area contributed by atoms with Gasteiger partial charge in [0.25, 0.3) is 0 Å². The Bertz CT molecular complexity index is 416. The molecule has 0 amide bonds. The van der Waals surface area contributed by atoms with Crippen molar-refractivity contribution >= 4 is 29.9 Å². The van der Waals surface area contributed by atoms with E-state index in [-0.39, 0.29) is 24.0 Å². The third-order valence-corrected chi connectivity index (χ3v) is 6.36. The Balaban J connectivity index is 0.00000132. The van der Waals surface area contributed by atoms with Gasteiger partial charge in [-0.2, -0.15) is 0 Å². The lowest BCUT2D eigenvalue weighted by Crippen LogP contribution is -2.66. The van der Waals surface area contributed by atoms with Crippen LogP contribution in [-0.2, 0) is 4.74 Å². The van der Waals surface area contributed by atoms with Crippen LogP contribution in [0.25, 0.3) is 0 Å². The van der Waals surface area contributed by atoms with E-state index in [2.05, 4.69) is 11.8 Å². The van der Waals surface area contributed by atoms with E-state index in [9.17, 15) is 0 Å². The zero-order chi connectivity index (χ0) is 13.7. The Kier molecular flexibility index (Phi) is 4.43. The molecular weight excluding hydrogens is 377 g/mol. The number of hydrogen-bond donors (Lipinski definition) is 1. The van der Waals surface area contributed by atoms with Gasteiger partial charge in [-0.25, -0.2) is 4.99 Å². The minimum absolute atomic E-state index is 0. The van der Waals surface area contributed by atoms with E-state index >= 15 is 0 Å². The fourth-order valence-corrected chi connectivity index (χ4v) is 4.85. The van der Waals surface area contributed by atoms with Gasteiger partial charge in [-0.1, -0.05) is 13.3 Å². The molecule has 2 aliphatic carbocycles. The lowest BCUT2D eigenvalue weighted by atomic mass is 9.46. The van der Waals surface area contributed by atoms with E-state index in [1.807, 2.05) is 0 Å². The van der Waals surface area contributed by atoms with E-state index in [0.29, 0.717) is 23.5 Å². The van der Waals surface area contributed by atoms with Crippen LogP contribution in [0.1, 0.15) is 45.4 Å². The molecule has 4 nitrogen and oxygen atoms in total. The van der Waals surface area contributed by atoms with E-state index in [1.165, 1.54) is 38.5 Å². The number of nitrogens with two attached hydrogens (primary N) is 1. The molecule has 21 heavy (non-hydrogen) atoms. The standard InChI is InChI=1S/C16H27N3O.HI/c1-11-3-8-19(9-4-11)15(17)18-13-12-5-10-20-14(12)16(13)6-2-7-16;/h11-14H,2-10H2,1H3,(H2,17,18);1H. The Hall–Kier alpha value is -0.0400. The third-order valence-electron chi connectivity index (χ3n) is 6.36. The SMILES string of the molecule is CC1CCN(C(N)=NC2C3CCOC3C23CCC3)CC1.I. The van der Waals surface area contributed by atoms with E-state index in [4.69, 9.17) is 15.5 Å². The highest BCUT2D eigenvalue weighted by Crippen LogP contribution is 2.64. The van der Waals surface area contributed by atoms with Crippen molar-refractivity contribution in [1.82, 2.24) is 4.90 Å². The first-order valence-electron chi connectivity index (χ1n) is 8.40. The number of ether oxygens (including phenoxy) is 1. The third kappa shape index (κ3) is 2.38. The molecule has 4 fully saturated rings. The van der Waals surface area contributed by atoms with Crippen molar-refractivity contribution < 1.29 is 4.74 Å². The molecule has 0 aromatic rings. The average Bonchev–Trinajstić information content (AvgIpc) is 2.80. The molecular formula is C16H28IN3O. The molecule has 4 aliphatic rings. The first kappa shape index (κ1) is 15.8. The highest BCUT2D eigenvalue weighted by molar-refractivity contribution is 14.0. The second-order valence-corrected chi connectivity index (χ2v) is 7.43.